The van der Waals surface area contributed by atoms with Gasteiger partial charge in [-0.1, -0.05) is 6.07 Å². The Balaban J connectivity index is 2.03. The van der Waals surface area contributed by atoms with Gasteiger partial charge in [-0.2, -0.15) is 0 Å². The van der Waals surface area contributed by atoms with E-state index < -0.39 is 23.1 Å². The van der Waals surface area contributed by atoms with Crippen LogP contribution in [-0.2, 0) is 18.8 Å². The van der Waals surface area contributed by atoms with Gasteiger partial charge in [-0.25, -0.2) is 9.59 Å². The smallest absolute Gasteiger partial charge is 0.341 e. The van der Waals surface area contributed by atoms with E-state index in [1.54, 1.807) is 12.3 Å². The summed E-state index contributed by atoms with van der Waals surface area (Å²) >= 11 is 2.62. The first-order valence-electron chi connectivity index (χ1n) is 8.25. The first kappa shape index (κ1) is 19.8. The minimum Gasteiger partial charge on any atom is -0.462 e. The topological polar surface area (TPSA) is 99.4 Å². The Morgan fingerprint density at radius 1 is 1.21 bits per heavy atom. The maximum Gasteiger partial charge on any atom is 0.341 e. The Morgan fingerprint density at radius 2 is 1.96 bits per heavy atom. The van der Waals surface area contributed by atoms with E-state index in [4.69, 9.17) is 4.74 Å². The van der Waals surface area contributed by atoms with E-state index in [9.17, 15) is 19.2 Å². The van der Waals surface area contributed by atoms with Gasteiger partial charge in [0.05, 0.1) is 6.61 Å². The van der Waals surface area contributed by atoms with Gasteiger partial charge in [0.25, 0.3) is 11.5 Å². The molecule has 0 fully saturated rings. The van der Waals surface area contributed by atoms with Gasteiger partial charge in [0.15, 0.2) is 0 Å². The van der Waals surface area contributed by atoms with Gasteiger partial charge < -0.3 is 14.6 Å². The van der Waals surface area contributed by atoms with Crippen LogP contribution >= 0.6 is 22.7 Å². The van der Waals surface area contributed by atoms with E-state index in [1.807, 2.05) is 17.5 Å². The van der Waals surface area contributed by atoms with Gasteiger partial charge in [0.2, 0.25) is 0 Å². The molecule has 0 aliphatic carbocycles. The van der Waals surface area contributed by atoms with Crippen molar-refractivity contribution in [2.24, 2.45) is 14.1 Å². The van der Waals surface area contributed by atoms with Crippen LogP contribution in [0.3, 0.4) is 0 Å². The third kappa shape index (κ3) is 3.56. The summed E-state index contributed by atoms with van der Waals surface area (Å²) in [7, 11) is 2.74. The maximum absolute atomic E-state index is 12.7. The standard InChI is InChI=1S/C18H17N3O5S2/c1-4-26-17(24)13-11(12-6-5-7-27-12)9-28-15(13)19-14(22)10-8-20(2)18(25)21(3)16(10)23/h5-9H,4H2,1-3H3,(H,19,22). The number of hydrogen-bond donors (Lipinski definition) is 1. The number of rotatable bonds is 5. The van der Waals surface area contributed by atoms with Gasteiger partial charge in [-0.15, -0.1) is 22.7 Å². The largest absolute Gasteiger partial charge is 0.462 e. The molecule has 0 saturated carbocycles. The number of carbonyl (C=O) groups is 2. The van der Waals surface area contributed by atoms with Crippen LogP contribution in [-0.4, -0.2) is 27.6 Å². The first-order chi connectivity index (χ1) is 13.3. The number of ether oxygens (including phenoxy) is 1. The fraction of sp³-hybridized carbons (Fsp3) is 0.222. The second-order valence-electron chi connectivity index (χ2n) is 5.81. The number of anilines is 1. The number of nitrogens with one attached hydrogen (secondary N) is 1. The Hall–Kier alpha value is -2.98. The molecule has 8 nitrogen and oxygen atoms in total. The van der Waals surface area contributed by atoms with Gasteiger partial charge in [0.1, 0.15) is 16.1 Å². The number of amides is 1. The Kier molecular flexibility index (Phi) is 5.61. The summed E-state index contributed by atoms with van der Waals surface area (Å²) in [6.07, 6.45) is 1.18. The van der Waals surface area contributed by atoms with Crippen LogP contribution in [0.2, 0.25) is 0 Å². The van der Waals surface area contributed by atoms with Crippen LogP contribution in [0.1, 0.15) is 27.6 Å². The number of nitrogens with zero attached hydrogens (tertiary/aromatic N) is 2. The summed E-state index contributed by atoms with van der Waals surface area (Å²) in [5, 5.41) is 6.54. The fourth-order valence-corrected chi connectivity index (χ4v) is 4.37. The maximum atomic E-state index is 12.7. The van der Waals surface area contributed by atoms with Crippen LogP contribution in [0.5, 0.6) is 0 Å². The molecule has 10 heteroatoms. The molecular formula is C18H17N3O5S2. The zero-order valence-electron chi connectivity index (χ0n) is 15.3. The number of thiophene rings is 2. The molecule has 28 heavy (non-hydrogen) atoms. The predicted octanol–water partition coefficient (Wildman–Crippen LogP) is 2.30. The number of esters is 1. The van der Waals surface area contributed by atoms with Crippen molar-refractivity contribution in [3.05, 3.63) is 61.1 Å². The van der Waals surface area contributed by atoms with Crippen molar-refractivity contribution >= 4 is 39.6 Å². The van der Waals surface area contributed by atoms with Gasteiger partial charge in [0, 0.05) is 36.1 Å². The fourth-order valence-electron chi connectivity index (χ4n) is 2.60. The molecule has 0 unspecified atom stereocenters. The highest BCUT2D eigenvalue weighted by Gasteiger charge is 2.24. The van der Waals surface area contributed by atoms with Gasteiger partial charge in [-0.3, -0.25) is 14.2 Å². The average Bonchev–Trinajstić information content (AvgIpc) is 3.32. The molecule has 0 aliphatic rings. The minimum absolute atomic E-state index is 0.188. The zero-order valence-corrected chi connectivity index (χ0v) is 17.0. The molecular weight excluding hydrogens is 402 g/mol. The Labute approximate surface area is 167 Å². The van der Waals surface area contributed by atoms with E-state index in [-0.39, 0.29) is 22.7 Å². The number of carbonyl (C=O) groups excluding carboxylic acids is 2. The highest BCUT2D eigenvalue weighted by Crippen LogP contribution is 2.38. The van der Waals surface area contributed by atoms with E-state index >= 15 is 0 Å². The molecule has 1 amide bonds. The lowest BCUT2D eigenvalue weighted by atomic mass is 10.1. The highest BCUT2D eigenvalue weighted by molar-refractivity contribution is 7.17. The number of aryl methyl sites for hydroxylation is 1. The summed E-state index contributed by atoms with van der Waals surface area (Å²) in [5.74, 6) is -1.27. The lowest BCUT2D eigenvalue weighted by Crippen LogP contribution is -2.40. The molecule has 3 heterocycles. The molecule has 3 rings (SSSR count). The SMILES string of the molecule is CCOC(=O)c1c(-c2cccs2)csc1NC(=O)c1cn(C)c(=O)n(C)c1=O. The summed E-state index contributed by atoms with van der Waals surface area (Å²) in [4.78, 5) is 50.2. The third-order valence-electron chi connectivity index (χ3n) is 3.98. The second kappa shape index (κ2) is 7.95. The van der Waals surface area contributed by atoms with Gasteiger partial charge >= 0.3 is 11.7 Å². The minimum atomic E-state index is -0.715. The second-order valence-corrected chi connectivity index (χ2v) is 7.63. The summed E-state index contributed by atoms with van der Waals surface area (Å²) < 4.78 is 7.14. The van der Waals surface area contributed by atoms with Crippen LogP contribution in [0, 0.1) is 0 Å². The van der Waals surface area contributed by atoms with E-state index in [0.717, 1.165) is 14.0 Å². The molecule has 0 radical (unpaired) electrons. The van der Waals surface area contributed by atoms with Crippen molar-refractivity contribution < 1.29 is 14.3 Å². The molecule has 0 spiro atoms. The lowest BCUT2D eigenvalue weighted by molar-refractivity contribution is 0.0529. The molecule has 1 N–H and O–H groups in total. The molecule has 0 saturated heterocycles. The van der Waals surface area contributed by atoms with E-state index in [2.05, 4.69) is 5.32 Å². The monoisotopic (exact) mass is 419 g/mol. The highest BCUT2D eigenvalue weighted by atomic mass is 32.1. The molecule has 3 aromatic heterocycles. The van der Waals surface area contributed by atoms with Crippen molar-refractivity contribution in [3.8, 4) is 10.4 Å². The molecule has 146 valence electrons. The molecule has 0 aliphatic heterocycles. The zero-order chi connectivity index (χ0) is 20.4. The summed E-state index contributed by atoms with van der Waals surface area (Å²) in [6.45, 7) is 1.88. The van der Waals surface area contributed by atoms with Crippen LogP contribution in [0.25, 0.3) is 10.4 Å². The number of aromatic nitrogens is 2. The van der Waals surface area contributed by atoms with Crippen LogP contribution in [0.15, 0.2) is 38.7 Å². The van der Waals surface area contributed by atoms with E-state index in [0.29, 0.717) is 5.56 Å². The van der Waals surface area contributed by atoms with Crippen molar-refractivity contribution in [1.29, 1.82) is 0 Å². The molecule has 0 aromatic carbocycles. The van der Waals surface area contributed by atoms with Crippen LogP contribution in [0.4, 0.5) is 5.00 Å². The quantitative estimate of drug-likeness (QED) is 0.640. The normalized spacial score (nSPS) is 10.7. The molecule has 0 atom stereocenters. The Bertz CT molecular complexity index is 1160. The van der Waals surface area contributed by atoms with Gasteiger partial charge in [-0.05, 0) is 18.4 Å². The molecule has 3 aromatic rings. The molecule has 0 bridgehead atoms. The van der Waals surface area contributed by atoms with Crippen molar-refractivity contribution in [3.63, 3.8) is 0 Å². The van der Waals surface area contributed by atoms with E-state index in [1.165, 1.54) is 43.0 Å². The van der Waals surface area contributed by atoms with Crippen molar-refractivity contribution in [2.45, 2.75) is 6.92 Å². The third-order valence-corrected chi connectivity index (χ3v) is 5.77. The average molecular weight is 419 g/mol. The number of hydrogen-bond acceptors (Lipinski definition) is 7. The van der Waals surface area contributed by atoms with Crippen LogP contribution < -0.4 is 16.6 Å². The summed E-state index contributed by atoms with van der Waals surface area (Å²) in [6, 6.07) is 3.73. The lowest BCUT2D eigenvalue weighted by Gasteiger charge is -2.09. The first-order valence-corrected chi connectivity index (χ1v) is 10.0. The van der Waals surface area contributed by atoms with Crippen molar-refractivity contribution in [1.82, 2.24) is 9.13 Å². The Morgan fingerprint density at radius 3 is 2.61 bits per heavy atom. The summed E-state index contributed by atoms with van der Waals surface area (Å²) in [5.41, 5.74) is -0.560. The van der Waals surface area contributed by atoms with Crippen molar-refractivity contribution in [2.75, 3.05) is 11.9 Å². The predicted molar refractivity (Wildman–Crippen MR) is 108 cm³/mol.